The smallest absolute Gasteiger partial charge is 0.234 e. The number of nitrogens with zero attached hydrogens (tertiary/aromatic N) is 5. The number of carbonyl (C=O) groups excluding carboxylic acids is 1. The van der Waals surface area contributed by atoms with Gasteiger partial charge in [-0.15, -0.1) is 0 Å². The summed E-state index contributed by atoms with van der Waals surface area (Å²) in [5.41, 5.74) is 2.61. The molecule has 1 saturated heterocycles. The number of carbonyl (C=O) groups is 1. The first-order valence-corrected chi connectivity index (χ1v) is 12.4. The van der Waals surface area contributed by atoms with Crippen molar-refractivity contribution in [1.29, 1.82) is 0 Å². The normalized spacial score (nSPS) is 20.2. The molecule has 10 heteroatoms. The van der Waals surface area contributed by atoms with Gasteiger partial charge in [-0.05, 0) is 42.8 Å². The van der Waals surface area contributed by atoms with E-state index in [9.17, 15) is 4.79 Å². The van der Waals surface area contributed by atoms with Gasteiger partial charge in [-0.3, -0.25) is 4.79 Å². The van der Waals surface area contributed by atoms with Gasteiger partial charge in [0, 0.05) is 43.6 Å². The molecule has 2 aliphatic rings. The van der Waals surface area contributed by atoms with Gasteiger partial charge >= 0.3 is 0 Å². The van der Waals surface area contributed by atoms with Crippen LogP contribution in [0.1, 0.15) is 18.5 Å². The number of rotatable bonds is 3. The van der Waals surface area contributed by atoms with Crippen molar-refractivity contribution in [2.45, 2.75) is 13.0 Å². The third-order valence-corrected chi connectivity index (χ3v) is 7.86. The van der Waals surface area contributed by atoms with E-state index in [-0.39, 0.29) is 11.9 Å². The van der Waals surface area contributed by atoms with Gasteiger partial charge in [0.25, 0.3) is 0 Å². The highest BCUT2D eigenvalue weighted by molar-refractivity contribution is 6.42. The van der Waals surface area contributed by atoms with E-state index in [1.807, 2.05) is 36.1 Å². The van der Waals surface area contributed by atoms with Crippen molar-refractivity contribution in [2.75, 3.05) is 31.1 Å². The zero-order chi connectivity index (χ0) is 24.0. The second kappa shape index (κ2) is 9.42. The SMILES string of the molecule is CC1=Nc2ccnn2C(c2ccc(Cl)c(Cl)c2)C1C(=O)N1CCN(c2ccc(Cl)c(Cl)c2)CC1. The molecule has 1 amide bonds. The molecular formula is C24H21Cl4N5O. The molecule has 0 N–H and O–H groups in total. The van der Waals surface area contributed by atoms with Crippen molar-refractivity contribution in [1.82, 2.24) is 14.7 Å². The lowest BCUT2D eigenvalue weighted by Crippen LogP contribution is -2.53. The van der Waals surface area contributed by atoms with Gasteiger partial charge < -0.3 is 9.80 Å². The number of benzene rings is 2. The number of amides is 1. The maximum Gasteiger partial charge on any atom is 0.234 e. The molecule has 3 aromatic rings. The molecule has 2 unspecified atom stereocenters. The third kappa shape index (κ3) is 4.29. The lowest BCUT2D eigenvalue weighted by Gasteiger charge is -2.40. The van der Waals surface area contributed by atoms with E-state index in [1.165, 1.54) is 0 Å². The maximum atomic E-state index is 13.9. The van der Waals surface area contributed by atoms with Crippen LogP contribution in [0.15, 0.2) is 53.7 Å². The second-order valence-electron chi connectivity index (χ2n) is 8.39. The van der Waals surface area contributed by atoms with Crippen molar-refractivity contribution in [3.05, 3.63) is 74.3 Å². The summed E-state index contributed by atoms with van der Waals surface area (Å²) in [5, 5.41) is 6.43. The van der Waals surface area contributed by atoms with Crippen LogP contribution in [0.25, 0.3) is 0 Å². The number of piperazine rings is 1. The van der Waals surface area contributed by atoms with E-state index in [0.717, 1.165) is 17.0 Å². The minimum Gasteiger partial charge on any atom is -0.368 e. The summed E-state index contributed by atoms with van der Waals surface area (Å²) < 4.78 is 1.79. The average Bonchev–Trinajstić information content (AvgIpc) is 3.29. The molecular weight excluding hydrogens is 516 g/mol. The molecule has 1 aromatic heterocycles. The molecule has 176 valence electrons. The lowest BCUT2D eigenvalue weighted by molar-refractivity contribution is -0.134. The fraction of sp³-hybridized carbons (Fsp3) is 0.292. The Kier molecular flexibility index (Phi) is 6.51. The molecule has 0 aliphatic carbocycles. The van der Waals surface area contributed by atoms with E-state index >= 15 is 0 Å². The van der Waals surface area contributed by atoms with Gasteiger partial charge in [-0.2, -0.15) is 5.10 Å². The standard InChI is InChI=1S/C24H21Cl4N5O/c1-14-22(23(33-21(30-14)6-7-29-33)15-2-4-17(25)19(27)12-15)24(34)32-10-8-31(9-11-32)16-3-5-18(26)20(28)13-16/h2-7,12-13,22-23H,8-11H2,1H3. The van der Waals surface area contributed by atoms with Crippen LogP contribution in [0.3, 0.4) is 0 Å². The summed E-state index contributed by atoms with van der Waals surface area (Å²) in [6.45, 7) is 4.45. The highest BCUT2D eigenvalue weighted by Gasteiger charge is 2.41. The Hall–Kier alpha value is -2.25. The Morgan fingerprint density at radius 1 is 0.882 bits per heavy atom. The lowest BCUT2D eigenvalue weighted by atomic mass is 9.87. The number of halogens is 4. The Bertz CT molecular complexity index is 1280. The van der Waals surface area contributed by atoms with E-state index in [1.54, 1.807) is 29.1 Å². The topological polar surface area (TPSA) is 53.7 Å². The summed E-state index contributed by atoms with van der Waals surface area (Å²) in [6.07, 6.45) is 1.69. The predicted molar refractivity (Wildman–Crippen MR) is 138 cm³/mol. The first kappa shape index (κ1) is 23.5. The zero-order valence-corrected chi connectivity index (χ0v) is 21.3. The molecule has 2 atom stereocenters. The largest absolute Gasteiger partial charge is 0.368 e. The fourth-order valence-corrected chi connectivity index (χ4v) is 5.24. The number of aliphatic imine (C=N–C) groups is 1. The molecule has 1 fully saturated rings. The Morgan fingerprint density at radius 2 is 1.56 bits per heavy atom. The minimum atomic E-state index is -0.499. The highest BCUT2D eigenvalue weighted by atomic mass is 35.5. The van der Waals surface area contributed by atoms with E-state index in [0.29, 0.717) is 52.1 Å². The van der Waals surface area contributed by atoms with Crippen molar-refractivity contribution >= 4 is 69.5 Å². The number of fused-ring (bicyclic) bond motifs is 1. The van der Waals surface area contributed by atoms with E-state index in [2.05, 4.69) is 15.0 Å². The molecule has 0 radical (unpaired) electrons. The van der Waals surface area contributed by atoms with Crippen molar-refractivity contribution < 1.29 is 4.79 Å². The van der Waals surface area contributed by atoms with Gasteiger partial charge in [0.05, 0.1) is 32.3 Å². The van der Waals surface area contributed by atoms with Gasteiger partial charge in [0.15, 0.2) is 5.82 Å². The monoisotopic (exact) mass is 535 g/mol. The van der Waals surface area contributed by atoms with Crippen LogP contribution < -0.4 is 4.90 Å². The average molecular weight is 537 g/mol. The molecule has 6 nitrogen and oxygen atoms in total. The first-order valence-electron chi connectivity index (χ1n) is 10.9. The third-order valence-electron chi connectivity index (χ3n) is 6.38. The molecule has 2 aliphatic heterocycles. The molecule has 5 rings (SSSR count). The molecule has 2 aromatic carbocycles. The zero-order valence-electron chi connectivity index (χ0n) is 18.3. The minimum absolute atomic E-state index is 0.0206. The van der Waals surface area contributed by atoms with E-state index in [4.69, 9.17) is 46.4 Å². The Balaban J connectivity index is 1.40. The summed E-state index contributed by atoms with van der Waals surface area (Å²) in [7, 11) is 0. The highest BCUT2D eigenvalue weighted by Crippen LogP contribution is 2.39. The summed E-state index contributed by atoms with van der Waals surface area (Å²) >= 11 is 24.7. The Labute approximate surface area is 217 Å². The molecule has 0 spiro atoms. The van der Waals surface area contributed by atoms with Crippen LogP contribution in [0.4, 0.5) is 11.5 Å². The van der Waals surface area contributed by atoms with Crippen LogP contribution in [0.5, 0.6) is 0 Å². The van der Waals surface area contributed by atoms with Crippen LogP contribution in [-0.4, -0.2) is 52.5 Å². The van der Waals surface area contributed by atoms with Gasteiger partial charge in [-0.25, -0.2) is 9.67 Å². The van der Waals surface area contributed by atoms with Crippen LogP contribution in [0, 0.1) is 5.92 Å². The van der Waals surface area contributed by atoms with Crippen LogP contribution in [-0.2, 0) is 4.79 Å². The summed E-state index contributed by atoms with van der Waals surface area (Å²) in [5.74, 6) is 0.232. The first-order chi connectivity index (χ1) is 16.3. The van der Waals surface area contributed by atoms with Crippen molar-refractivity contribution in [3.63, 3.8) is 0 Å². The number of aromatic nitrogens is 2. The summed E-state index contributed by atoms with van der Waals surface area (Å²) in [6, 6.07) is 12.5. The fourth-order valence-electron chi connectivity index (χ4n) is 4.64. The Morgan fingerprint density at radius 3 is 2.24 bits per heavy atom. The van der Waals surface area contributed by atoms with Crippen LogP contribution in [0.2, 0.25) is 20.1 Å². The number of anilines is 1. The summed E-state index contributed by atoms with van der Waals surface area (Å²) in [4.78, 5) is 22.6. The molecule has 0 saturated carbocycles. The molecule has 34 heavy (non-hydrogen) atoms. The number of hydrogen-bond donors (Lipinski definition) is 0. The predicted octanol–water partition coefficient (Wildman–Crippen LogP) is 6.16. The van der Waals surface area contributed by atoms with E-state index < -0.39 is 5.92 Å². The van der Waals surface area contributed by atoms with Crippen LogP contribution >= 0.6 is 46.4 Å². The van der Waals surface area contributed by atoms with Gasteiger partial charge in [0.1, 0.15) is 5.92 Å². The maximum absolute atomic E-state index is 13.9. The second-order valence-corrected chi connectivity index (χ2v) is 10.0. The number of hydrogen-bond acceptors (Lipinski definition) is 4. The van der Waals surface area contributed by atoms with Gasteiger partial charge in [0.2, 0.25) is 5.91 Å². The molecule has 0 bridgehead atoms. The van der Waals surface area contributed by atoms with Crippen molar-refractivity contribution in [2.24, 2.45) is 10.9 Å². The van der Waals surface area contributed by atoms with Gasteiger partial charge in [-0.1, -0.05) is 52.5 Å². The quantitative estimate of drug-likeness (QED) is 0.403. The molecule has 3 heterocycles. The van der Waals surface area contributed by atoms with Crippen molar-refractivity contribution in [3.8, 4) is 0 Å².